The van der Waals surface area contributed by atoms with Gasteiger partial charge in [-0.15, -0.1) is 0 Å². The summed E-state index contributed by atoms with van der Waals surface area (Å²) in [5, 5.41) is 3.82. The summed E-state index contributed by atoms with van der Waals surface area (Å²) >= 11 is 0. The van der Waals surface area contributed by atoms with Crippen LogP contribution >= 0.6 is 0 Å². The van der Waals surface area contributed by atoms with Crippen LogP contribution in [0.5, 0.6) is 0 Å². The molecule has 1 N–H and O–H groups in total. The number of fused-ring (bicyclic) bond motifs is 1. The van der Waals surface area contributed by atoms with Crippen LogP contribution in [-0.4, -0.2) is 36.1 Å². The largest absolute Gasteiger partial charge is 0.312 e. The number of nitrogens with zero attached hydrogens (tertiary/aromatic N) is 1. The average molecular weight is 264 g/mol. The standard InChI is InChI=1S/C17H32N2/c1-4-18-16-15(10-11-17(16,2)3)19-12-6-8-13-7-5-9-14(13)19/h13-16,18H,4-12H2,1-3H3. The molecule has 1 aliphatic heterocycles. The van der Waals surface area contributed by atoms with Crippen LogP contribution in [0.2, 0.25) is 0 Å². The lowest BCUT2D eigenvalue weighted by molar-refractivity contribution is 0.0483. The molecule has 110 valence electrons. The molecule has 2 nitrogen and oxygen atoms in total. The van der Waals surface area contributed by atoms with E-state index in [4.69, 9.17) is 0 Å². The van der Waals surface area contributed by atoms with Crippen molar-refractivity contribution in [3.05, 3.63) is 0 Å². The monoisotopic (exact) mass is 264 g/mol. The fourth-order valence-electron chi connectivity index (χ4n) is 5.26. The molecule has 1 saturated heterocycles. The third kappa shape index (κ3) is 2.47. The van der Waals surface area contributed by atoms with Crippen LogP contribution < -0.4 is 5.32 Å². The molecule has 2 saturated carbocycles. The zero-order valence-corrected chi connectivity index (χ0v) is 13.1. The zero-order valence-electron chi connectivity index (χ0n) is 13.1. The van der Waals surface area contributed by atoms with Crippen LogP contribution in [0.1, 0.15) is 65.7 Å². The van der Waals surface area contributed by atoms with Gasteiger partial charge in [-0.25, -0.2) is 0 Å². The summed E-state index contributed by atoms with van der Waals surface area (Å²) < 4.78 is 0. The minimum atomic E-state index is 0.478. The van der Waals surface area contributed by atoms with Crippen molar-refractivity contribution < 1.29 is 0 Å². The van der Waals surface area contributed by atoms with Gasteiger partial charge in [0.05, 0.1) is 0 Å². The lowest BCUT2D eigenvalue weighted by Crippen LogP contribution is -2.56. The van der Waals surface area contributed by atoms with Crippen molar-refractivity contribution >= 4 is 0 Å². The summed E-state index contributed by atoms with van der Waals surface area (Å²) in [7, 11) is 0. The Labute approximate surface area is 119 Å². The van der Waals surface area contributed by atoms with E-state index in [9.17, 15) is 0 Å². The highest BCUT2D eigenvalue weighted by Crippen LogP contribution is 2.45. The summed E-state index contributed by atoms with van der Waals surface area (Å²) in [6.07, 6.45) is 10.2. The van der Waals surface area contributed by atoms with E-state index < -0.39 is 0 Å². The molecule has 0 radical (unpaired) electrons. The van der Waals surface area contributed by atoms with Gasteiger partial charge in [0, 0.05) is 18.1 Å². The molecule has 3 fully saturated rings. The zero-order chi connectivity index (χ0) is 13.5. The average Bonchev–Trinajstić information content (AvgIpc) is 2.95. The molecule has 0 amide bonds. The van der Waals surface area contributed by atoms with Gasteiger partial charge in [-0.2, -0.15) is 0 Å². The summed E-state index contributed by atoms with van der Waals surface area (Å²) in [4.78, 5) is 2.93. The van der Waals surface area contributed by atoms with Gasteiger partial charge < -0.3 is 5.32 Å². The van der Waals surface area contributed by atoms with Crippen molar-refractivity contribution in [2.45, 2.75) is 83.8 Å². The van der Waals surface area contributed by atoms with E-state index in [0.717, 1.165) is 24.5 Å². The fourth-order valence-corrected chi connectivity index (χ4v) is 5.26. The normalized spacial score (nSPS) is 42.5. The molecule has 3 aliphatic rings. The van der Waals surface area contributed by atoms with E-state index in [1.807, 2.05) is 0 Å². The highest BCUT2D eigenvalue weighted by molar-refractivity contribution is 5.04. The third-order valence-electron chi connectivity index (χ3n) is 6.20. The van der Waals surface area contributed by atoms with Crippen molar-refractivity contribution in [3.8, 4) is 0 Å². The molecule has 0 spiro atoms. The first kappa shape index (κ1) is 13.9. The van der Waals surface area contributed by atoms with Gasteiger partial charge >= 0.3 is 0 Å². The van der Waals surface area contributed by atoms with Gasteiger partial charge in [-0.3, -0.25) is 4.90 Å². The first-order valence-corrected chi connectivity index (χ1v) is 8.62. The summed E-state index contributed by atoms with van der Waals surface area (Å²) in [6, 6.07) is 2.44. The molecule has 1 heterocycles. The van der Waals surface area contributed by atoms with Crippen molar-refractivity contribution in [1.29, 1.82) is 0 Å². The van der Waals surface area contributed by atoms with E-state index >= 15 is 0 Å². The second kappa shape index (κ2) is 5.37. The molecule has 0 aromatic carbocycles. The van der Waals surface area contributed by atoms with Crippen molar-refractivity contribution in [2.24, 2.45) is 11.3 Å². The number of nitrogens with one attached hydrogen (secondary N) is 1. The van der Waals surface area contributed by atoms with Crippen LogP contribution in [-0.2, 0) is 0 Å². The molecule has 0 bridgehead atoms. The summed E-state index contributed by atoms with van der Waals surface area (Å²) in [5.41, 5.74) is 0.478. The molecular formula is C17H32N2. The SMILES string of the molecule is CCNC1C(N2CCCC3CCCC32)CCC1(C)C. The Morgan fingerprint density at radius 1 is 1.05 bits per heavy atom. The Hall–Kier alpha value is -0.0800. The Morgan fingerprint density at radius 3 is 2.63 bits per heavy atom. The van der Waals surface area contributed by atoms with Crippen molar-refractivity contribution in [1.82, 2.24) is 10.2 Å². The van der Waals surface area contributed by atoms with Crippen LogP contribution in [0, 0.1) is 11.3 Å². The van der Waals surface area contributed by atoms with E-state index in [2.05, 4.69) is 31.0 Å². The van der Waals surface area contributed by atoms with Gasteiger partial charge in [-0.1, -0.05) is 27.2 Å². The Balaban J connectivity index is 1.76. The van der Waals surface area contributed by atoms with Gasteiger partial charge in [0.2, 0.25) is 0 Å². The number of piperidine rings is 1. The minimum Gasteiger partial charge on any atom is -0.312 e. The molecule has 0 aromatic rings. The number of hydrogen-bond acceptors (Lipinski definition) is 2. The van der Waals surface area contributed by atoms with Gasteiger partial charge in [0.15, 0.2) is 0 Å². The molecule has 3 rings (SSSR count). The minimum absolute atomic E-state index is 0.478. The number of likely N-dealkylation sites (tertiary alicyclic amines) is 1. The predicted molar refractivity (Wildman–Crippen MR) is 81.3 cm³/mol. The Kier molecular flexibility index (Phi) is 3.92. The molecular weight excluding hydrogens is 232 g/mol. The van der Waals surface area contributed by atoms with Crippen molar-refractivity contribution in [2.75, 3.05) is 13.1 Å². The lowest BCUT2D eigenvalue weighted by Gasteiger charge is -2.45. The Bertz CT molecular complexity index is 312. The van der Waals surface area contributed by atoms with E-state index in [-0.39, 0.29) is 0 Å². The van der Waals surface area contributed by atoms with Gasteiger partial charge in [-0.05, 0) is 62.9 Å². The highest BCUT2D eigenvalue weighted by Gasteiger charge is 2.47. The Morgan fingerprint density at radius 2 is 1.84 bits per heavy atom. The fraction of sp³-hybridized carbons (Fsp3) is 1.00. The summed E-state index contributed by atoms with van der Waals surface area (Å²) in [6.45, 7) is 9.68. The molecule has 4 unspecified atom stereocenters. The first-order chi connectivity index (χ1) is 9.13. The molecule has 0 aromatic heterocycles. The third-order valence-corrected chi connectivity index (χ3v) is 6.20. The van der Waals surface area contributed by atoms with Crippen molar-refractivity contribution in [3.63, 3.8) is 0 Å². The maximum absolute atomic E-state index is 3.82. The maximum atomic E-state index is 3.82. The second-order valence-electron chi connectivity index (χ2n) is 7.77. The molecule has 4 atom stereocenters. The van der Waals surface area contributed by atoms with Crippen LogP contribution in [0.25, 0.3) is 0 Å². The second-order valence-corrected chi connectivity index (χ2v) is 7.77. The van der Waals surface area contributed by atoms with E-state index in [0.29, 0.717) is 11.5 Å². The predicted octanol–water partition coefficient (Wildman–Crippen LogP) is 3.42. The van der Waals surface area contributed by atoms with Gasteiger partial charge in [0.25, 0.3) is 0 Å². The van der Waals surface area contributed by atoms with E-state index in [1.165, 1.54) is 51.5 Å². The van der Waals surface area contributed by atoms with Gasteiger partial charge in [0.1, 0.15) is 0 Å². The molecule has 2 heteroatoms. The van der Waals surface area contributed by atoms with E-state index in [1.54, 1.807) is 0 Å². The smallest absolute Gasteiger partial charge is 0.0274 e. The van der Waals surface area contributed by atoms with Crippen LogP contribution in [0.3, 0.4) is 0 Å². The molecule has 2 aliphatic carbocycles. The first-order valence-electron chi connectivity index (χ1n) is 8.62. The number of likely N-dealkylation sites (N-methyl/N-ethyl adjacent to an activating group) is 1. The summed E-state index contributed by atoms with van der Waals surface area (Å²) in [5.74, 6) is 1.03. The lowest BCUT2D eigenvalue weighted by atomic mass is 9.84. The molecule has 19 heavy (non-hydrogen) atoms. The van der Waals surface area contributed by atoms with Crippen LogP contribution in [0.15, 0.2) is 0 Å². The number of hydrogen-bond donors (Lipinski definition) is 1. The quantitative estimate of drug-likeness (QED) is 0.840. The van der Waals surface area contributed by atoms with Crippen LogP contribution in [0.4, 0.5) is 0 Å². The highest BCUT2D eigenvalue weighted by atomic mass is 15.2. The maximum Gasteiger partial charge on any atom is 0.0274 e. The topological polar surface area (TPSA) is 15.3 Å². The number of rotatable bonds is 3.